The van der Waals surface area contributed by atoms with Crippen molar-refractivity contribution in [2.45, 2.75) is 51.2 Å². The third-order valence-electron chi connectivity index (χ3n) is 4.14. The van der Waals surface area contributed by atoms with E-state index in [1.54, 1.807) is 0 Å². The summed E-state index contributed by atoms with van der Waals surface area (Å²) in [5, 5.41) is 3.33. The van der Waals surface area contributed by atoms with Crippen molar-refractivity contribution >= 4 is 5.82 Å². The summed E-state index contributed by atoms with van der Waals surface area (Å²) >= 11 is 0. The van der Waals surface area contributed by atoms with Gasteiger partial charge in [0.15, 0.2) is 5.82 Å². The molecule has 0 spiro atoms. The van der Waals surface area contributed by atoms with E-state index in [2.05, 4.69) is 29.1 Å². The van der Waals surface area contributed by atoms with Crippen LogP contribution in [0.4, 0.5) is 5.82 Å². The molecular weight excluding hydrogens is 258 g/mol. The van der Waals surface area contributed by atoms with Crippen molar-refractivity contribution in [1.82, 2.24) is 9.97 Å². The van der Waals surface area contributed by atoms with Crippen LogP contribution in [0.15, 0.2) is 11.1 Å². The van der Waals surface area contributed by atoms with Crippen LogP contribution in [0.1, 0.15) is 39.5 Å². The first-order valence-corrected chi connectivity index (χ1v) is 7.16. The Labute approximate surface area is 118 Å². The Morgan fingerprint density at radius 3 is 2.95 bits per heavy atom. The molecule has 2 heterocycles. The number of hydrogen-bond donors (Lipinski definition) is 2. The average molecular weight is 281 g/mol. The van der Waals surface area contributed by atoms with Gasteiger partial charge in [-0.1, -0.05) is 13.8 Å². The molecule has 112 valence electrons. The van der Waals surface area contributed by atoms with Gasteiger partial charge in [0.2, 0.25) is 5.75 Å². The average Bonchev–Trinajstić information content (AvgIpc) is 2.48. The summed E-state index contributed by atoms with van der Waals surface area (Å²) in [4.78, 5) is 18.3. The SMILES string of the molecule is CCC1(CC)CC(Nc2nc[nH]c(=O)c2OC)CCO1. The molecule has 2 rings (SSSR count). The minimum absolute atomic E-state index is 0.0651. The second-order valence-electron chi connectivity index (χ2n) is 5.19. The number of nitrogens with zero attached hydrogens (tertiary/aromatic N) is 1. The molecule has 1 aromatic rings. The van der Waals surface area contributed by atoms with Crippen LogP contribution >= 0.6 is 0 Å². The Kier molecular flexibility index (Phi) is 4.65. The van der Waals surface area contributed by atoms with Gasteiger partial charge in [0.05, 0.1) is 19.0 Å². The summed E-state index contributed by atoms with van der Waals surface area (Å²) in [5.41, 5.74) is -0.334. The van der Waals surface area contributed by atoms with Gasteiger partial charge < -0.3 is 19.8 Å². The van der Waals surface area contributed by atoms with E-state index >= 15 is 0 Å². The van der Waals surface area contributed by atoms with E-state index in [0.29, 0.717) is 5.82 Å². The van der Waals surface area contributed by atoms with Gasteiger partial charge in [-0.05, 0) is 25.7 Å². The maximum absolute atomic E-state index is 11.7. The van der Waals surface area contributed by atoms with Crippen molar-refractivity contribution in [3.05, 3.63) is 16.7 Å². The van der Waals surface area contributed by atoms with Crippen molar-refractivity contribution in [2.75, 3.05) is 19.0 Å². The number of aromatic nitrogens is 2. The lowest BCUT2D eigenvalue weighted by Gasteiger charge is -2.40. The molecule has 1 aliphatic heterocycles. The van der Waals surface area contributed by atoms with Crippen LogP contribution in [0.25, 0.3) is 0 Å². The maximum atomic E-state index is 11.7. The maximum Gasteiger partial charge on any atom is 0.295 e. The minimum atomic E-state index is -0.269. The van der Waals surface area contributed by atoms with E-state index in [-0.39, 0.29) is 23.0 Å². The Morgan fingerprint density at radius 2 is 2.30 bits per heavy atom. The van der Waals surface area contributed by atoms with E-state index < -0.39 is 0 Å². The second kappa shape index (κ2) is 6.26. The highest BCUT2D eigenvalue weighted by molar-refractivity contribution is 5.48. The third kappa shape index (κ3) is 2.95. The van der Waals surface area contributed by atoms with Gasteiger partial charge in [0, 0.05) is 12.6 Å². The summed E-state index contributed by atoms with van der Waals surface area (Å²) < 4.78 is 11.1. The first-order valence-electron chi connectivity index (χ1n) is 7.16. The molecule has 0 amide bonds. The van der Waals surface area contributed by atoms with Gasteiger partial charge >= 0.3 is 0 Å². The van der Waals surface area contributed by atoms with Crippen molar-refractivity contribution in [3.63, 3.8) is 0 Å². The molecule has 1 saturated heterocycles. The number of nitrogens with one attached hydrogen (secondary N) is 2. The minimum Gasteiger partial charge on any atom is -0.489 e. The van der Waals surface area contributed by atoms with Gasteiger partial charge in [0.1, 0.15) is 0 Å². The molecule has 0 radical (unpaired) electrons. The molecule has 20 heavy (non-hydrogen) atoms. The number of aromatic amines is 1. The zero-order chi connectivity index (χ0) is 14.6. The van der Waals surface area contributed by atoms with E-state index in [4.69, 9.17) is 9.47 Å². The Bertz CT molecular complexity index is 497. The normalized spacial score (nSPS) is 21.4. The standard InChI is InChI=1S/C14H23N3O3/c1-4-14(5-2)8-10(6-7-20-14)17-12-11(19-3)13(18)16-9-15-12/h9-10H,4-8H2,1-3H3,(H2,15,16,17,18). The molecule has 0 saturated carbocycles. The number of H-pyrrole nitrogens is 1. The first-order chi connectivity index (χ1) is 9.64. The van der Waals surface area contributed by atoms with E-state index in [1.165, 1.54) is 13.4 Å². The smallest absolute Gasteiger partial charge is 0.295 e. The highest BCUT2D eigenvalue weighted by Gasteiger charge is 2.34. The Hall–Kier alpha value is -1.56. The van der Waals surface area contributed by atoms with Crippen LogP contribution in [0.3, 0.4) is 0 Å². The number of anilines is 1. The van der Waals surface area contributed by atoms with Crippen LogP contribution in [-0.2, 0) is 4.74 Å². The lowest BCUT2D eigenvalue weighted by molar-refractivity contribution is -0.0864. The molecule has 6 heteroatoms. The molecule has 0 aliphatic carbocycles. The van der Waals surface area contributed by atoms with E-state index in [9.17, 15) is 4.79 Å². The van der Waals surface area contributed by atoms with Crippen molar-refractivity contribution in [1.29, 1.82) is 0 Å². The topological polar surface area (TPSA) is 76.2 Å². The zero-order valence-electron chi connectivity index (χ0n) is 12.4. The Morgan fingerprint density at radius 1 is 1.55 bits per heavy atom. The fourth-order valence-electron chi connectivity index (χ4n) is 2.77. The quantitative estimate of drug-likeness (QED) is 0.862. The largest absolute Gasteiger partial charge is 0.489 e. The highest BCUT2D eigenvalue weighted by Crippen LogP contribution is 2.33. The van der Waals surface area contributed by atoms with Crippen LogP contribution in [-0.4, -0.2) is 35.3 Å². The highest BCUT2D eigenvalue weighted by atomic mass is 16.5. The summed E-state index contributed by atoms with van der Waals surface area (Å²) in [7, 11) is 1.48. The summed E-state index contributed by atoms with van der Waals surface area (Å²) in [6.45, 7) is 5.03. The number of hydrogen-bond acceptors (Lipinski definition) is 5. The molecular formula is C14H23N3O3. The van der Waals surface area contributed by atoms with E-state index in [0.717, 1.165) is 32.3 Å². The number of methoxy groups -OCH3 is 1. The molecule has 2 N–H and O–H groups in total. The molecule has 1 unspecified atom stereocenters. The van der Waals surface area contributed by atoms with Crippen LogP contribution in [0.2, 0.25) is 0 Å². The Balaban J connectivity index is 2.14. The zero-order valence-corrected chi connectivity index (χ0v) is 12.4. The summed E-state index contributed by atoms with van der Waals surface area (Å²) in [6.07, 6.45) is 5.18. The van der Waals surface area contributed by atoms with Gasteiger partial charge in [-0.15, -0.1) is 0 Å². The molecule has 1 atom stereocenters. The van der Waals surface area contributed by atoms with Gasteiger partial charge in [-0.3, -0.25) is 4.79 Å². The molecule has 0 bridgehead atoms. The number of rotatable bonds is 5. The fourth-order valence-corrected chi connectivity index (χ4v) is 2.77. The molecule has 1 fully saturated rings. The van der Waals surface area contributed by atoms with Crippen LogP contribution < -0.4 is 15.6 Å². The summed E-state index contributed by atoms with van der Waals surface area (Å²) in [6, 6.07) is 0.242. The van der Waals surface area contributed by atoms with Crippen LogP contribution in [0, 0.1) is 0 Å². The lowest BCUT2D eigenvalue weighted by Crippen LogP contribution is -2.43. The van der Waals surface area contributed by atoms with Crippen LogP contribution in [0.5, 0.6) is 5.75 Å². The third-order valence-corrected chi connectivity index (χ3v) is 4.14. The van der Waals surface area contributed by atoms with Gasteiger partial charge in [-0.25, -0.2) is 4.98 Å². The van der Waals surface area contributed by atoms with Gasteiger partial charge in [-0.2, -0.15) is 0 Å². The molecule has 0 aromatic carbocycles. The van der Waals surface area contributed by atoms with E-state index in [1.807, 2.05) is 0 Å². The molecule has 6 nitrogen and oxygen atoms in total. The first kappa shape index (κ1) is 14.8. The second-order valence-corrected chi connectivity index (χ2v) is 5.19. The van der Waals surface area contributed by atoms with Gasteiger partial charge in [0.25, 0.3) is 5.56 Å². The van der Waals surface area contributed by atoms with Crippen molar-refractivity contribution < 1.29 is 9.47 Å². The molecule has 1 aromatic heterocycles. The van der Waals surface area contributed by atoms with Crippen molar-refractivity contribution in [2.24, 2.45) is 0 Å². The monoisotopic (exact) mass is 281 g/mol. The predicted octanol–water partition coefficient (Wildman–Crippen LogP) is 1.93. The summed E-state index contributed by atoms with van der Waals surface area (Å²) in [5.74, 6) is 0.738. The molecule has 1 aliphatic rings. The van der Waals surface area contributed by atoms with Crippen molar-refractivity contribution in [3.8, 4) is 5.75 Å². The lowest BCUT2D eigenvalue weighted by atomic mass is 9.86. The number of ether oxygens (including phenoxy) is 2. The predicted molar refractivity (Wildman–Crippen MR) is 77.3 cm³/mol. The fraction of sp³-hybridized carbons (Fsp3) is 0.714.